The van der Waals surface area contributed by atoms with Gasteiger partial charge in [0.2, 0.25) is 0 Å². The molecule has 0 bridgehead atoms. The summed E-state index contributed by atoms with van der Waals surface area (Å²) in [6.45, 7) is 0. The molecule has 1 fully saturated rings. The molecule has 20 heavy (non-hydrogen) atoms. The zero-order chi connectivity index (χ0) is 14.9. The van der Waals surface area contributed by atoms with Gasteiger partial charge in [0.1, 0.15) is 6.04 Å². The Bertz CT molecular complexity index is 576. The van der Waals surface area contributed by atoms with Crippen molar-refractivity contribution < 1.29 is 18.0 Å². The van der Waals surface area contributed by atoms with Gasteiger partial charge in [0.05, 0.1) is 17.2 Å². The first kappa shape index (κ1) is 14.9. The van der Waals surface area contributed by atoms with Gasteiger partial charge < -0.3 is 5.32 Å². The van der Waals surface area contributed by atoms with Crippen molar-refractivity contribution in [1.29, 1.82) is 5.26 Å². The average Bonchev–Trinajstić information content (AvgIpc) is 3.18. The SMILES string of the molecule is N#CC(NC(=O)c1ccc(Br)cc1C(F)(F)F)C1CC1. The number of carbonyl (C=O) groups excluding carboxylic acids is 1. The monoisotopic (exact) mass is 346 g/mol. The van der Waals surface area contributed by atoms with Gasteiger partial charge in [-0.3, -0.25) is 4.79 Å². The summed E-state index contributed by atoms with van der Waals surface area (Å²) in [4.78, 5) is 11.9. The van der Waals surface area contributed by atoms with Crippen molar-refractivity contribution in [2.75, 3.05) is 0 Å². The van der Waals surface area contributed by atoms with Crippen LogP contribution in [0.15, 0.2) is 22.7 Å². The lowest BCUT2D eigenvalue weighted by Gasteiger charge is -2.15. The first-order valence-corrected chi connectivity index (χ1v) is 6.69. The summed E-state index contributed by atoms with van der Waals surface area (Å²) in [5, 5.41) is 11.3. The molecule has 0 saturated heterocycles. The highest BCUT2D eigenvalue weighted by Crippen LogP contribution is 2.35. The van der Waals surface area contributed by atoms with Crippen LogP contribution >= 0.6 is 15.9 Å². The molecule has 0 aliphatic heterocycles. The Kier molecular flexibility index (Phi) is 4.04. The van der Waals surface area contributed by atoms with Crippen LogP contribution in [0.3, 0.4) is 0 Å². The highest BCUT2D eigenvalue weighted by atomic mass is 79.9. The van der Waals surface area contributed by atoms with Crippen LogP contribution in [0.2, 0.25) is 0 Å². The van der Waals surface area contributed by atoms with Crippen LogP contribution in [0.4, 0.5) is 13.2 Å². The minimum Gasteiger partial charge on any atom is -0.336 e. The van der Waals surface area contributed by atoms with E-state index in [2.05, 4.69) is 21.2 Å². The maximum atomic E-state index is 12.9. The van der Waals surface area contributed by atoms with E-state index < -0.39 is 29.3 Å². The summed E-state index contributed by atoms with van der Waals surface area (Å²) in [6, 6.07) is 4.50. The van der Waals surface area contributed by atoms with E-state index in [0.717, 1.165) is 25.0 Å². The predicted octanol–water partition coefficient (Wildman–Crippen LogP) is 3.50. The van der Waals surface area contributed by atoms with Crippen molar-refractivity contribution in [1.82, 2.24) is 5.32 Å². The topological polar surface area (TPSA) is 52.9 Å². The van der Waals surface area contributed by atoms with E-state index in [9.17, 15) is 18.0 Å². The van der Waals surface area contributed by atoms with E-state index in [1.54, 1.807) is 0 Å². The van der Waals surface area contributed by atoms with Crippen LogP contribution < -0.4 is 5.32 Å². The molecule has 0 spiro atoms. The second-order valence-electron chi connectivity index (χ2n) is 4.61. The Labute approximate surface area is 121 Å². The minimum absolute atomic E-state index is 0.0498. The fraction of sp³-hybridized carbons (Fsp3) is 0.385. The van der Waals surface area contributed by atoms with Gasteiger partial charge in [-0.2, -0.15) is 18.4 Å². The van der Waals surface area contributed by atoms with Crippen molar-refractivity contribution in [2.45, 2.75) is 25.1 Å². The molecule has 3 nitrogen and oxygen atoms in total. The fourth-order valence-corrected chi connectivity index (χ4v) is 2.21. The third kappa shape index (κ3) is 3.31. The second-order valence-corrected chi connectivity index (χ2v) is 5.52. The predicted molar refractivity (Wildman–Crippen MR) is 68.7 cm³/mol. The number of nitriles is 1. The molecule has 0 aromatic heterocycles. The maximum Gasteiger partial charge on any atom is 0.417 e. The molecule has 0 heterocycles. The van der Waals surface area contributed by atoms with Crippen LogP contribution in [-0.4, -0.2) is 11.9 Å². The lowest BCUT2D eigenvalue weighted by molar-refractivity contribution is -0.138. The Morgan fingerprint density at radius 2 is 2.10 bits per heavy atom. The number of alkyl halides is 3. The number of benzene rings is 1. The van der Waals surface area contributed by atoms with E-state index in [1.165, 1.54) is 6.07 Å². The van der Waals surface area contributed by atoms with Crippen molar-refractivity contribution >= 4 is 21.8 Å². The molecule has 1 aliphatic rings. The number of hydrogen-bond acceptors (Lipinski definition) is 2. The largest absolute Gasteiger partial charge is 0.417 e. The quantitative estimate of drug-likeness (QED) is 0.910. The molecule has 1 saturated carbocycles. The fourth-order valence-electron chi connectivity index (χ4n) is 1.85. The van der Waals surface area contributed by atoms with Gasteiger partial charge in [-0.15, -0.1) is 0 Å². The lowest BCUT2D eigenvalue weighted by atomic mass is 10.1. The van der Waals surface area contributed by atoms with Gasteiger partial charge in [0.15, 0.2) is 0 Å². The Balaban J connectivity index is 2.27. The van der Waals surface area contributed by atoms with Crippen molar-refractivity contribution in [2.24, 2.45) is 5.92 Å². The Hall–Kier alpha value is -1.55. The number of amides is 1. The maximum absolute atomic E-state index is 12.9. The van der Waals surface area contributed by atoms with Gasteiger partial charge in [-0.1, -0.05) is 15.9 Å². The molecule has 2 rings (SSSR count). The molecule has 0 radical (unpaired) electrons. The van der Waals surface area contributed by atoms with Crippen LogP contribution in [0.25, 0.3) is 0 Å². The van der Waals surface area contributed by atoms with E-state index in [1.807, 2.05) is 6.07 Å². The van der Waals surface area contributed by atoms with Gasteiger partial charge in [0.25, 0.3) is 5.91 Å². The molecule has 1 aromatic rings. The molecule has 1 aliphatic carbocycles. The second kappa shape index (κ2) is 5.44. The third-order valence-electron chi connectivity index (χ3n) is 3.05. The van der Waals surface area contributed by atoms with E-state index in [-0.39, 0.29) is 10.4 Å². The average molecular weight is 347 g/mol. The molecule has 1 atom stereocenters. The normalized spacial score (nSPS) is 16.4. The Morgan fingerprint density at radius 1 is 1.45 bits per heavy atom. The summed E-state index contributed by atoms with van der Waals surface area (Å²) in [7, 11) is 0. The van der Waals surface area contributed by atoms with Crippen LogP contribution in [-0.2, 0) is 6.18 Å². The van der Waals surface area contributed by atoms with E-state index in [4.69, 9.17) is 5.26 Å². The molecular weight excluding hydrogens is 337 g/mol. The van der Waals surface area contributed by atoms with Crippen molar-refractivity contribution in [3.8, 4) is 6.07 Å². The van der Waals surface area contributed by atoms with Gasteiger partial charge in [0, 0.05) is 4.47 Å². The third-order valence-corrected chi connectivity index (χ3v) is 3.54. The minimum atomic E-state index is -4.63. The molecule has 1 unspecified atom stereocenters. The van der Waals surface area contributed by atoms with E-state index in [0.29, 0.717) is 0 Å². The number of nitrogens with one attached hydrogen (secondary N) is 1. The Morgan fingerprint density at radius 3 is 2.60 bits per heavy atom. The number of carbonyl (C=O) groups is 1. The summed E-state index contributed by atoms with van der Waals surface area (Å²) in [5.74, 6) is -0.822. The number of rotatable bonds is 3. The van der Waals surface area contributed by atoms with Crippen LogP contribution in [0, 0.1) is 17.2 Å². The highest BCUT2D eigenvalue weighted by Gasteiger charge is 2.37. The van der Waals surface area contributed by atoms with Gasteiger partial charge >= 0.3 is 6.18 Å². The first-order valence-electron chi connectivity index (χ1n) is 5.90. The summed E-state index contributed by atoms with van der Waals surface area (Å²) < 4.78 is 39.0. The first-order chi connectivity index (χ1) is 9.32. The molecular formula is C13H10BrF3N2O. The van der Waals surface area contributed by atoms with Gasteiger partial charge in [-0.25, -0.2) is 0 Å². The van der Waals surface area contributed by atoms with Crippen LogP contribution in [0.1, 0.15) is 28.8 Å². The summed E-state index contributed by atoms with van der Waals surface area (Å²) in [5.41, 5.74) is -1.49. The number of halogens is 4. The molecule has 106 valence electrons. The molecule has 1 amide bonds. The highest BCUT2D eigenvalue weighted by molar-refractivity contribution is 9.10. The van der Waals surface area contributed by atoms with E-state index >= 15 is 0 Å². The molecule has 7 heteroatoms. The summed E-state index contributed by atoms with van der Waals surface area (Å²) >= 11 is 2.95. The number of nitrogens with zero attached hydrogens (tertiary/aromatic N) is 1. The zero-order valence-electron chi connectivity index (χ0n) is 10.2. The number of hydrogen-bond donors (Lipinski definition) is 1. The standard InChI is InChI=1S/C13H10BrF3N2O/c14-8-3-4-9(10(5-8)13(15,16)17)12(20)19-11(6-18)7-1-2-7/h3-5,7,11H,1-2H2,(H,19,20). The molecule has 1 N–H and O–H groups in total. The summed E-state index contributed by atoms with van der Waals surface area (Å²) in [6.07, 6.45) is -3.01. The smallest absolute Gasteiger partial charge is 0.336 e. The van der Waals surface area contributed by atoms with Gasteiger partial charge in [-0.05, 0) is 37.0 Å². The zero-order valence-corrected chi connectivity index (χ0v) is 11.8. The van der Waals surface area contributed by atoms with Crippen molar-refractivity contribution in [3.05, 3.63) is 33.8 Å². The van der Waals surface area contributed by atoms with Crippen molar-refractivity contribution in [3.63, 3.8) is 0 Å². The van der Waals surface area contributed by atoms with Crippen LogP contribution in [0.5, 0.6) is 0 Å². The lowest BCUT2D eigenvalue weighted by Crippen LogP contribution is -2.36. The molecule has 1 aromatic carbocycles.